The number of nitrogens with zero attached hydrogens (tertiary/aromatic N) is 2. The fraction of sp³-hybridized carbons (Fsp3) is 0.182. The second kappa shape index (κ2) is 10.1. The van der Waals surface area contributed by atoms with Crippen LogP contribution in [0.5, 0.6) is 17.4 Å². The van der Waals surface area contributed by atoms with E-state index in [1.165, 1.54) is 12.1 Å². The van der Waals surface area contributed by atoms with Gasteiger partial charge in [-0.3, -0.25) is 4.99 Å². The van der Waals surface area contributed by atoms with Crippen LogP contribution in [-0.4, -0.2) is 25.1 Å². The number of halogens is 1. The van der Waals surface area contributed by atoms with Crippen molar-refractivity contribution in [3.8, 4) is 17.4 Å². The van der Waals surface area contributed by atoms with Crippen LogP contribution in [0.2, 0.25) is 0 Å². The summed E-state index contributed by atoms with van der Waals surface area (Å²) in [7, 11) is 3.37. The highest BCUT2D eigenvalue weighted by atomic mass is 19.1. The van der Waals surface area contributed by atoms with Crippen LogP contribution in [-0.2, 0) is 13.1 Å². The van der Waals surface area contributed by atoms with E-state index >= 15 is 0 Å². The number of aromatic nitrogens is 1. The Labute approximate surface area is 169 Å². The Morgan fingerprint density at radius 1 is 1.03 bits per heavy atom. The molecule has 0 amide bonds. The van der Waals surface area contributed by atoms with Gasteiger partial charge in [-0.15, -0.1) is 0 Å². The molecule has 3 rings (SSSR count). The summed E-state index contributed by atoms with van der Waals surface area (Å²) >= 11 is 0. The topological polar surface area (TPSA) is 67.8 Å². The summed E-state index contributed by atoms with van der Waals surface area (Å²) in [4.78, 5) is 8.49. The highest BCUT2D eigenvalue weighted by Crippen LogP contribution is 2.20. The summed E-state index contributed by atoms with van der Waals surface area (Å²) in [6, 6.07) is 17.4. The van der Waals surface area contributed by atoms with Gasteiger partial charge in [-0.05, 0) is 23.8 Å². The summed E-state index contributed by atoms with van der Waals surface area (Å²) in [5, 5.41) is 6.50. The van der Waals surface area contributed by atoms with Crippen LogP contribution in [0.25, 0.3) is 0 Å². The number of hydrogen-bond acceptors (Lipinski definition) is 4. The second-order valence-corrected chi connectivity index (χ2v) is 6.16. The van der Waals surface area contributed by atoms with Crippen molar-refractivity contribution >= 4 is 5.96 Å². The highest BCUT2D eigenvalue weighted by Gasteiger charge is 2.05. The Kier molecular flexibility index (Phi) is 7.00. The first-order chi connectivity index (χ1) is 14.2. The minimum absolute atomic E-state index is 0.352. The van der Waals surface area contributed by atoms with Crippen molar-refractivity contribution in [1.82, 2.24) is 15.6 Å². The number of nitrogens with one attached hydrogen (secondary N) is 2. The third kappa shape index (κ3) is 5.93. The standard InChI is InChI=1S/C22H23FN4O2/c1-24-22(27-15-17-6-3-4-9-20(17)28-2)26-14-16-10-11-21(25-13-16)29-19-8-5-7-18(23)12-19/h3-13H,14-15H2,1-2H3,(H2,24,26,27). The molecule has 150 valence electrons. The van der Waals surface area contributed by atoms with Gasteiger partial charge in [-0.1, -0.05) is 30.3 Å². The lowest BCUT2D eigenvalue weighted by molar-refractivity contribution is 0.409. The third-order valence-electron chi connectivity index (χ3n) is 4.14. The van der Waals surface area contributed by atoms with Crippen molar-refractivity contribution < 1.29 is 13.9 Å². The summed E-state index contributed by atoms with van der Waals surface area (Å²) in [6.45, 7) is 1.13. The van der Waals surface area contributed by atoms with Gasteiger partial charge in [0.15, 0.2) is 5.96 Å². The van der Waals surface area contributed by atoms with Crippen molar-refractivity contribution in [2.75, 3.05) is 14.2 Å². The van der Waals surface area contributed by atoms with Gasteiger partial charge < -0.3 is 20.1 Å². The second-order valence-electron chi connectivity index (χ2n) is 6.16. The molecule has 0 aliphatic rings. The van der Waals surface area contributed by atoms with E-state index in [-0.39, 0.29) is 5.82 Å². The molecular formula is C22H23FN4O2. The van der Waals surface area contributed by atoms with Crippen LogP contribution in [0.1, 0.15) is 11.1 Å². The SMILES string of the molecule is CN=C(NCc1ccc(Oc2cccc(F)c2)nc1)NCc1ccccc1OC. The molecule has 7 heteroatoms. The summed E-state index contributed by atoms with van der Waals surface area (Å²) in [6.07, 6.45) is 1.70. The lowest BCUT2D eigenvalue weighted by Gasteiger charge is -2.14. The van der Waals surface area contributed by atoms with Gasteiger partial charge in [0, 0.05) is 44.0 Å². The minimum atomic E-state index is -0.352. The molecule has 0 saturated carbocycles. The first-order valence-electron chi connectivity index (χ1n) is 9.12. The molecule has 29 heavy (non-hydrogen) atoms. The molecule has 0 fully saturated rings. The van der Waals surface area contributed by atoms with Crippen LogP contribution in [0.4, 0.5) is 4.39 Å². The molecule has 0 saturated heterocycles. The maximum atomic E-state index is 13.2. The Balaban J connectivity index is 1.51. The molecule has 0 spiro atoms. The summed E-state index contributed by atoms with van der Waals surface area (Å²) in [5.41, 5.74) is 2.00. The minimum Gasteiger partial charge on any atom is -0.496 e. The first kappa shape index (κ1) is 20.1. The zero-order chi connectivity index (χ0) is 20.5. The van der Waals surface area contributed by atoms with E-state index in [0.29, 0.717) is 30.7 Å². The van der Waals surface area contributed by atoms with Crippen molar-refractivity contribution in [2.45, 2.75) is 13.1 Å². The van der Waals surface area contributed by atoms with Gasteiger partial charge in [-0.2, -0.15) is 0 Å². The average molecular weight is 394 g/mol. The van der Waals surface area contributed by atoms with E-state index in [9.17, 15) is 4.39 Å². The maximum absolute atomic E-state index is 13.2. The van der Waals surface area contributed by atoms with Crippen LogP contribution in [0, 0.1) is 5.82 Å². The Bertz CT molecular complexity index is 961. The van der Waals surface area contributed by atoms with Crippen LogP contribution >= 0.6 is 0 Å². The van der Waals surface area contributed by atoms with E-state index in [1.807, 2.05) is 30.3 Å². The highest BCUT2D eigenvalue weighted by molar-refractivity contribution is 5.79. The Morgan fingerprint density at radius 3 is 2.59 bits per heavy atom. The zero-order valence-electron chi connectivity index (χ0n) is 16.4. The van der Waals surface area contributed by atoms with Crippen molar-refractivity contribution in [3.63, 3.8) is 0 Å². The van der Waals surface area contributed by atoms with Crippen molar-refractivity contribution in [2.24, 2.45) is 4.99 Å². The first-order valence-corrected chi connectivity index (χ1v) is 9.12. The average Bonchev–Trinajstić information content (AvgIpc) is 2.75. The van der Waals surface area contributed by atoms with E-state index in [4.69, 9.17) is 9.47 Å². The monoisotopic (exact) mass is 394 g/mol. The van der Waals surface area contributed by atoms with Gasteiger partial charge in [0.2, 0.25) is 5.88 Å². The quantitative estimate of drug-likeness (QED) is 0.470. The molecule has 2 aromatic carbocycles. The fourth-order valence-electron chi connectivity index (χ4n) is 2.66. The predicted molar refractivity (Wildman–Crippen MR) is 111 cm³/mol. The van der Waals surface area contributed by atoms with Crippen LogP contribution < -0.4 is 20.1 Å². The normalized spacial score (nSPS) is 11.1. The molecule has 2 N–H and O–H groups in total. The summed E-state index contributed by atoms with van der Waals surface area (Å²) < 4.78 is 24.1. The van der Waals surface area contributed by atoms with Crippen molar-refractivity contribution in [3.05, 3.63) is 83.8 Å². The Hall–Kier alpha value is -3.61. The smallest absolute Gasteiger partial charge is 0.219 e. The molecular weight excluding hydrogens is 371 g/mol. The number of benzene rings is 2. The number of guanidine groups is 1. The number of rotatable bonds is 7. The molecule has 0 bridgehead atoms. The van der Waals surface area contributed by atoms with Gasteiger partial charge >= 0.3 is 0 Å². The van der Waals surface area contributed by atoms with Crippen molar-refractivity contribution in [1.29, 1.82) is 0 Å². The van der Waals surface area contributed by atoms with Gasteiger partial charge in [0.25, 0.3) is 0 Å². The molecule has 3 aromatic rings. The van der Waals surface area contributed by atoms with E-state index < -0.39 is 0 Å². The zero-order valence-corrected chi connectivity index (χ0v) is 16.4. The lowest BCUT2D eigenvalue weighted by Crippen LogP contribution is -2.36. The number of pyridine rings is 1. The molecule has 0 radical (unpaired) electrons. The van der Waals surface area contributed by atoms with Gasteiger partial charge in [0.05, 0.1) is 7.11 Å². The molecule has 0 unspecified atom stereocenters. The van der Waals surface area contributed by atoms with Gasteiger partial charge in [-0.25, -0.2) is 9.37 Å². The van der Waals surface area contributed by atoms with Crippen LogP contribution in [0.3, 0.4) is 0 Å². The third-order valence-corrected chi connectivity index (χ3v) is 4.14. The number of para-hydroxylation sites is 1. The predicted octanol–water partition coefficient (Wildman–Crippen LogP) is 3.89. The molecule has 0 atom stereocenters. The van der Waals surface area contributed by atoms with E-state index in [2.05, 4.69) is 20.6 Å². The molecule has 1 heterocycles. The Morgan fingerprint density at radius 2 is 1.86 bits per heavy atom. The number of methoxy groups -OCH3 is 1. The lowest BCUT2D eigenvalue weighted by atomic mass is 10.2. The molecule has 0 aliphatic heterocycles. The summed E-state index contributed by atoms with van der Waals surface area (Å²) in [5.74, 6) is 1.95. The molecule has 0 aliphatic carbocycles. The maximum Gasteiger partial charge on any atom is 0.219 e. The van der Waals surface area contributed by atoms with E-state index in [1.54, 1.807) is 38.6 Å². The van der Waals surface area contributed by atoms with E-state index in [0.717, 1.165) is 16.9 Å². The largest absolute Gasteiger partial charge is 0.496 e. The van der Waals surface area contributed by atoms with Gasteiger partial charge in [0.1, 0.15) is 17.3 Å². The molecule has 1 aromatic heterocycles. The molecule has 6 nitrogen and oxygen atoms in total. The number of ether oxygens (including phenoxy) is 2. The van der Waals surface area contributed by atoms with Crippen LogP contribution in [0.15, 0.2) is 71.9 Å². The fourth-order valence-corrected chi connectivity index (χ4v) is 2.66. The number of aliphatic imine (C=N–C) groups is 1. The number of hydrogen-bond donors (Lipinski definition) is 2.